The van der Waals surface area contributed by atoms with Crippen molar-refractivity contribution in [1.82, 2.24) is 10.2 Å². The summed E-state index contributed by atoms with van der Waals surface area (Å²) in [5, 5.41) is 12.0. The molecule has 0 aromatic heterocycles. The van der Waals surface area contributed by atoms with Crippen molar-refractivity contribution in [3.8, 4) is 11.8 Å². The van der Waals surface area contributed by atoms with Crippen LogP contribution in [0.3, 0.4) is 0 Å². The summed E-state index contributed by atoms with van der Waals surface area (Å²) in [7, 11) is 3.54. The van der Waals surface area contributed by atoms with Crippen LogP contribution in [0.15, 0.2) is 24.3 Å². The fraction of sp³-hybridized carbons (Fsp3) is 0.562. The SMILES string of the molecule is CNC(C#N)CCN1CCN(c2cccc(OC)c2)CC1. The first kappa shape index (κ1) is 15.6. The summed E-state index contributed by atoms with van der Waals surface area (Å²) in [4.78, 5) is 4.82. The predicted octanol–water partition coefficient (Wildman–Crippen LogP) is 1.32. The van der Waals surface area contributed by atoms with Gasteiger partial charge in [0, 0.05) is 44.5 Å². The topological polar surface area (TPSA) is 51.5 Å². The molecule has 2 rings (SSSR count). The van der Waals surface area contributed by atoms with Crippen LogP contribution in [0.4, 0.5) is 5.69 Å². The largest absolute Gasteiger partial charge is 0.497 e. The molecule has 5 heteroatoms. The molecule has 5 nitrogen and oxygen atoms in total. The standard InChI is InChI=1S/C16H24N4O/c1-18-14(13-17)6-7-19-8-10-20(11-9-19)15-4-3-5-16(12-15)21-2/h3-5,12,14,18H,6-11H2,1-2H3. The molecule has 0 aliphatic carbocycles. The molecule has 1 unspecified atom stereocenters. The Morgan fingerprint density at radius 1 is 1.33 bits per heavy atom. The van der Waals surface area contributed by atoms with Gasteiger partial charge in [-0.25, -0.2) is 0 Å². The average molecular weight is 288 g/mol. The minimum Gasteiger partial charge on any atom is -0.497 e. The summed E-state index contributed by atoms with van der Waals surface area (Å²) < 4.78 is 5.28. The van der Waals surface area contributed by atoms with Crippen LogP contribution >= 0.6 is 0 Å². The summed E-state index contributed by atoms with van der Waals surface area (Å²) in [6.07, 6.45) is 0.881. The molecule has 1 heterocycles. The lowest BCUT2D eigenvalue weighted by atomic mass is 10.2. The number of nitrogens with one attached hydrogen (secondary N) is 1. The lowest BCUT2D eigenvalue weighted by Crippen LogP contribution is -2.47. The molecule has 0 saturated carbocycles. The van der Waals surface area contributed by atoms with Crippen molar-refractivity contribution in [1.29, 1.82) is 5.26 Å². The van der Waals surface area contributed by atoms with Crippen LogP contribution in [0.25, 0.3) is 0 Å². The average Bonchev–Trinajstić information content (AvgIpc) is 2.56. The minimum atomic E-state index is -0.0404. The van der Waals surface area contributed by atoms with Crippen molar-refractivity contribution in [2.75, 3.05) is 51.8 Å². The molecular formula is C16H24N4O. The van der Waals surface area contributed by atoms with E-state index < -0.39 is 0 Å². The molecule has 1 aliphatic rings. The van der Waals surface area contributed by atoms with Crippen molar-refractivity contribution >= 4 is 5.69 Å². The van der Waals surface area contributed by atoms with Gasteiger partial charge in [-0.2, -0.15) is 5.26 Å². The van der Waals surface area contributed by atoms with E-state index in [9.17, 15) is 0 Å². The van der Waals surface area contributed by atoms with Gasteiger partial charge in [0.2, 0.25) is 0 Å². The summed E-state index contributed by atoms with van der Waals surface area (Å²) in [5.74, 6) is 0.904. The Hall–Kier alpha value is -1.77. The quantitative estimate of drug-likeness (QED) is 0.855. The normalized spacial score (nSPS) is 17.3. The molecule has 1 aromatic rings. The van der Waals surface area contributed by atoms with E-state index in [1.165, 1.54) is 5.69 Å². The van der Waals surface area contributed by atoms with E-state index in [1.807, 2.05) is 19.2 Å². The second-order valence-corrected chi connectivity index (χ2v) is 5.29. The van der Waals surface area contributed by atoms with Crippen molar-refractivity contribution in [2.24, 2.45) is 0 Å². The van der Waals surface area contributed by atoms with Crippen molar-refractivity contribution in [3.63, 3.8) is 0 Å². The number of anilines is 1. The molecule has 21 heavy (non-hydrogen) atoms. The number of methoxy groups -OCH3 is 1. The van der Waals surface area contributed by atoms with E-state index >= 15 is 0 Å². The molecule has 0 radical (unpaired) electrons. The van der Waals surface area contributed by atoms with Crippen LogP contribution in [0.1, 0.15) is 6.42 Å². The number of nitrogens with zero attached hydrogens (tertiary/aromatic N) is 3. The number of nitriles is 1. The molecule has 0 spiro atoms. The lowest BCUT2D eigenvalue weighted by Gasteiger charge is -2.36. The number of ether oxygens (including phenoxy) is 1. The summed E-state index contributed by atoms with van der Waals surface area (Å²) in [5.41, 5.74) is 1.22. The first-order valence-electron chi connectivity index (χ1n) is 7.45. The monoisotopic (exact) mass is 288 g/mol. The van der Waals surface area contributed by atoms with Crippen LogP contribution in [0.2, 0.25) is 0 Å². The van der Waals surface area contributed by atoms with Crippen LogP contribution in [0, 0.1) is 11.3 Å². The van der Waals surface area contributed by atoms with Gasteiger partial charge in [-0.1, -0.05) is 6.07 Å². The first-order valence-corrected chi connectivity index (χ1v) is 7.45. The fourth-order valence-electron chi connectivity index (χ4n) is 2.62. The van der Waals surface area contributed by atoms with E-state index in [2.05, 4.69) is 33.3 Å². The summed E-state index contributed by atoms with van der Waals surface area (Å²) in [6.45, 7) is 5.09. The smallest absolute Gasteiger partial charge is 0.120 e. The molecule has 1 N–H and O–H groups in total. The highest BCUT2D eigenvalue weighted by Crippen LogP contribution is 2.22. The van der Waals surface area contributed by atoms with Gasteiger partial charge < -0.3 is 15.0 Å². The lowest BCUT2D eigenvalue weighted by molar-refractivity contribution is 0.249. The van der Waals surface area contributed by atoms with Gasteiger partial charge >= 0.3 is 0 Å². The number of piperazine rings is 1. The number of benzene rings is 1. The molecule has 1 aromatic carbocycles. The maximum Gasteiger partial charge on any atom is 0.120 e. The second kappa shape index (κ2) is 7.87. The molecule has 1 saturated heterocycles. The van der Waals surface area contributed by atoms with Crippen molar-refractivity contribution in [2.45, 2.75) is 12.5 Å². The van der Waals surface area contributed by atoms with Crippen LogP contribution < -0.4 is 15.0 Å². The highest BCUT2D eigenvalue weighted by molar-refractivity contribution is 5.51. The van der Waals surface area contributed by atoms with Gasteiger partial charge in [0.25, 0.3) is 0 Å². The molecule has 0 amide bonds. The summed E-state index contributed by atoms with van der Waals surface area (Å²) in [6, 6.07) is 10.5. The number of rotatable bonds is 6. The van der Waals surface area contributed by atoms with E-state index in [4.69, 9.17) is 10.00 Å². The highest BCUT2D eigenvalue weighted by atomic mass is 16.5. The Morgan fingerprint density at radius 3 is 2.71 bits per heavy atom. The van der Waals surface area contributed by atoms with E-state index in [0.717, 1.165) is 44.9 Å². The predicted molar refractivity (Wildman–Crippen MR) is 84.7 cm³/mol. The van der Waals surface area contributed by atoms with Crippen LogP contribution in [0.5, 0.6) is 5.75 Å². The zero-order valence-electron chi connectivity index (χ0n) is 12.9. The van der Waals surface area contributed by atoms with E-state index in [1.54, 1.807) is 7.11 Å². The third-order valence-electron chi connectivity index (χ3n) is 4.03. The van der Waals surface area contributed by atoms with Gasteiger partial charge in [-0.15, -0.1) is 0 Å². The Bertz CT molecular complexity index is 477. The Kier molecular flexibility index (Phi) is 5.85. The van der Waals surface area contributed by atoms with E-state index in [0.29, 0.717) is 0 Å². The van der Waals surface area contributed by atoms with Gasteiger partial charge in [-0.05, 0) is 25.6 Å². The molecular weight excluding hydrogens is 264 g/mol. The van der Waals surface area contributed by atoms with Crippen molar-refractivity contribution in [3.05, 3.63) is 24.3 Å². The first-order chi connectivity index (χ1) is 10.3. The Labute approximate surface area is 127 Å². The van der Waals surface area contributed by atoms with Gasteiger partial charge in [0.05, 0.1) is 19.2 Å². The third-order valence-corrected chi connectivity index (χ3v) is 4.03. The summed E-state index contributed by atoms with van der Waals surface area (Å²) >= 11 is 0. The van der Waals surface area contributed by atoms with Gasteiger partial charge in [0.1, 0.15) is 5.75 Å². The van der Waals surface area contributed by atoms with Gasteiger partial charge in [-0.3, -0.25) is 4.90 Å². The zero-order valence-corrected chi connectivity index (χ0v) is 12.9. The number of hydrogen-bond acceptors (Lipinski definition) is 5. The molecule has 0 bridgehead atoms. The second-order valence-electron chi connectivity index (χ2n) is 5.29. The number of hydrogen-bond donors (Lipinski definition) is 1. The molecule has 1 aliphatic heterocycles. The fourth-order valence-corrected chi connectivity index (χ4v) is 2.62. The van der Waals surface area contributed by atoms with Gasteiger partial charge in [0.15, 0.2) is 0 Å². The zero-order chi connectivity index (χ0) is 15.1. The van der Waals surface area contributed by atoms with Crippen LogP contribution in [-0.2, 0) is 0 Å². The Balaban J connectivity index is 1.81. The highest BCUT2D eigenvalue weighted by Gasteiger charge is 2.18. The molecule has 1 fully saturated rings. The molecule has 114 valence electrons. The van der Waals surface area contributed by atoms with Crippen LogP contribution in [-0.4, -0.2) is 57.8 Å². The molecule has 1 atom stereocenters. The maximum absolute atomic E-state index is 8.94. The van der Waals surface area contributed by atoms with Crippen molar-refractivity contribution < 1.29 is 4.74 Å². The Morgan fingerprint density at radius 2 is 2.10 bits per heavy atom. The maximum atomic E-state index is 8.94. The van der Waals surface area contributed by atoms with E-state index in [-0.39, 0.29) is 6.04 Å². The minimum absolute atomic E-state index is 0.0404. The third kappa shape index (κ3) is 4.35.